The molecule has 0 saturated carbocycles. The largest absolute Gasteiger partial charge is 0.495 e. The van der Waals surface area contributed by atoms with Crippen molar-refractivity contribution >= 4 is 26.9 Å². The fraction of sp³-hybridized carbons (Fsp3) is 0.154. The number of rotatable bonds is 7. The standard InChI is InChI=1S/C26H23N3O5S2/c1-34-25-22(18-4-5-21-16(2-3-17(21)12-18)8-11-36(27,32)33)13-20(14-23(25)19-7-10-35-15-19)29-9-6-24(30)28-26(29)31/h2,4-7,9-10,12-15H,3,8,11H2,1H3,(H2,27,32,33)(H,28,30,31). The summed E-state index contributed by atoms with van der Waals surface area (Å²) in [4.78, 5) is 26.5. The van der Waals surface area contributed by atoms with Crippen LogP contribution in [-0.4, -0.2) is 30.8 Å². The number of hydrogen-bond donors (Lipinski definition) is 2. The Morgan fingerprint density at radius 3 is 2.50 bits per heavy atom. The monoisotopic (exact) mass is 521 g/mol. The number of allylic oxidation sites excluding steroid dienone is 2. The van der Waals surface area contributed by atoms with Gasteiger partial charge >= 0.3 is 5.69 Å². The van der Waals surface area contributed by atoms with Gasteiger partial charge < -0.3 is 4.74 Å². The minimum Gasteiger partial charge on any atom is -0.495 e. The first kappa shape index (κ1) is 24.0. The van der Waals surface area contributed by atoms with E-state index in [1.54, 1.807) is 18.4 Å². The van der Waals surface area contributed by atoms with E-state index < -0.39 is 21.3 Å². The number of aromatic nitrogens is 2. The van der Waals surface area contributed by atoms with E-state index in [0.29, 0.717) is 24.3 Å². The maximum absolute atomic E-state index is 12.6. The first-order chi connectivity index (χ1) is 17.2. The maximum Gasteiger partial charge on any atom is 0.332 e. The molecule has 0 saturated heterocycles. The second-order valence-electron chi connectivity index (χ2n) is 8.49. The minimum atomic E-state index is -3.54. The Hall–Kier alpha value is -3.73. The second-order valence-corrected chi connectivity index (χ2v) is 11.0. The number of hydrogen-bond acceptors (Lipinski definition) is 6. The van der Waals surface area contributed by atoms with Gasteiger partial charge in [-0.2, -0.15) is 11.3 Å². The van der Waals surface area contributed by atoms with Crippen molar-refractivity contribution in [3.05, 3.63) is 97.5 Å². The van der Waals surface area contributed by atoms with Gasteiger partial charge in [0.15, 0.2) is 0 Å². The molecule has 0 unspecified atom stereocenters. The Morgan fingerprint density at radius 2 is 1.83 bits per heavy atom. The Morgan fingerprint density at radius 1 is 1.06 bits per heavy atom. The third-order valence-electron chi connectivity index (χ3n) is 6.20. The van der Waals surface area contributed by atoms with Crippen molar-refractivity contribution in [1.82, 2.24) is 9.55 Å². The molecule has 0 bridgehead atoms. The molecule has 2 aromatic carbocycles. The van der Waals surface area contributed by atoms with E-state index >= 15 is 0 Å². The number of nitrogens with zero attached hydrogens (tertiary/aromatic N) is 1. The molecule has 5 rings (SSSR count). The number of benzene rings is 2. The highest BCUT2D eigenvalue weighted by Gasteiger charge is 2.20. The lowest BCUT2D eigenvalue weighted by atomic mass is 9.94. The van der Waals surface area contributed by atoms with E-state index in [2.05, 4.69) is 11.1 Å². The van der Waals surface area contributed by atoms with Crippen molar-refractivity contribution in [2.75, 3.05) is 12.9 Å². The number of H-pyrrole nitrogens is 1. The van der Waals surface area contributed by atoms with Crippen LogP contribution in [0, 0.1) is 0 Å². The lowest BCUT2D eigenvalue weighted by Crippen LogP contribution is -2.27. The van der Waals surface area contributed by atoms with Gasteiger partial charge in [0.25, 0.3) is 5.56 Å². The van der Waals surface area contributed by atoms with Gasteiger partial charge in [0.05, 0.1) is 18.6 Å². The van der Waals surface area contributed by atoms with E-state index in [4.69, 9.17) is 9.88 Å². The third-order valence-corrected chi connectivity index (χ3v) is 7.65. The van der Waals surface area contributed by atoms with Crippen LogP contribution in [0.5, 0.6) is 5.75 Å². The van der Waals surface area contributed by atoms with Crippen molar-refractivity contribution in [3.8, 4) is 33.7 Å². The Bertz CT molecular complexity index is 1720. The van der Waals surface area contributed by atoms with Crippen LogP contribution in [0.15, 0.2) is 75.1 Å². The number of aromatic amines is 1. The molecule has 0 amide bonds. The van der Waals surface area contributed by atoms with Crippen molar-refractivity contribution in [2.24, 2.45) is 5.14 Å². The fourth-order valence-electron chi connectivity index (χ4n) is 4.52. The average Bonchev–Trinajstić information content (AvgIpc) is 3.51. The molecule has 0 fully saturated rings. The molecule has 2 heterocycles. The minimum absolute atomic E-state index is 0.103. The van der Waals surface area contributed by atoms with Crippen LogP contribution in [0.1, 0.15) is 17.5 Å². The number of thiophene rings is 1. The summed E-state index contributed by atoms with van der Waals surface area (Å²) in [6, 6.07) is 13.0. The summed E-state index contributed by atoms with van der Waals surface area (Å²) in [6.07, 6.45) is 4.53. The molecule has 1 aliphatic carbocycles. The van der Waals surface area contributed by atoms with Crippen molar-refractivity contribution in [2.45, 2.75) is 12.8 Å². The second kappa shape index (κ2) is 9.38. The average molecular weight is 522 g/mol. The zero-order chi connectivity index (χ0) is 25.4. The SMILES string of the molecule is COc1c(-c2ccsc2)cc(-n2ccc(=O)[nH]c2=O)cc1-c1ccc2c(c1)CC=C2CCS(N)(=O)=O. The lowest BCUT2D eigenvalue weighted by molar-refractivity contribution is 0.418. The number of sulfonamides is 1. The Balaban J connectivity index is 1.65. The number of methoxy groups -OCH3 is 1. The van der Waals surface area contributed by atoms with Crippen molar-refractivity contribution < 1.29 is 13.2 Å². The van der Waals surface area contributed by atoms with Crippen LogP contribution in [0.4, 0.5) is 0 Å². The molecule has 3 N–H and O–H groups in total. The van der Waals surface area contributed by atoms with E-state index in [0.717, 1.165) is 39.0 Å². The molecule has 0 spiro atoms. The first-order valence-corrected chi connectivity index (χ1v) is 13.8. The van der Waals surface area contributed by atoms with Crippen LogP contribution in [0.2, 0.25) is 0 Å². The first-order valence-electron chi connectivity index (χ1n) is 11.1. The number of nitrogens with one attached hydrogen (secondary N) is 1. The summed E-state index contributed by atoms with van der Waals surface area (Å²) in [6.45, 7) is 0. The van der Waals surface area contributed by atoms with Gasteiger partial charge in [-0.05, 0) is 69.6 Å². The quantitative estimate of drug-likeness (QED) is 0.385. The molecule has 10 heteroatoms. The summed E-state index contributed by atoms with van der Waals surface area (Å²) in [7, 11) is -1.93. The molecule has 0 aliphatic heterocycles. The Kier molecular flexibility index (Phi) is 6.25. The molecule has 1 aliphatic rings. The van der Waals surface area contributed by atoms with Crippen molar-refractivity contribution in [3.63, 3.8) is 0 Å². The van der Waals surface area contributed by atoms with E-state index in [1.807, 2.05) is 47.2 Å². The molecule has 8 nitrogen and oxygen atoms in total. The van der Waals surface area contributed by atoms with Crippen LogP contribution < -0.4 is 21.1 Å². The van der Waals surface area contributed by atoms with Crippen LogP contribution in [-0.2, 0) is 16.4 Å². The zero-order valence-electron chi connectivity index (χ0n) is 19.4. The summed E-state index contributed by atoms with van der Waals surface area (Å²) in [5.74, 6) is 0.559. The normalized spacial score (nSPS) is 12.9. The molecular formula is C26H23N3O5S2. The van der Waals surface area contributed by atoms with Crippen LogP contribution in [0.3, 0.4) is 0 Å². The molecule has 2 aromatic heterocycles. The lowest BCUT2D eigenvalue weighted by Gasteiger charge is -2.18. The van der Waals surface area contributed by atoms with Gasteiger partial charge in [0, 0.05) is 23.4 Å². The molecule has 184 valence electrons. The van der Waals surface area contributed by atoms with Gasteiger partial charge in [-0.25, -0.2) is 18.4 Å². The van der Waals surface area contributed by atoms with Gasteiger partial charge in [-0.1, -0.05) is 24.3 Å². The highest BCUT2D eigenvalue weighted by Crippen LogP contribution is 2.43. The third kappa shape index (κ3) is 4.70. The van der Waals surface area contributed by atoms with Crippen LogP contribution in [0.25, 0.3) is 33.5 Å². The number of primary sulfonamides is 1. The van der Waals surface area contributed by atoms with E-state index in [-0.39, 0.29) is 5.75 Å². The molecular weight excluding hydrogens is 498 g/mol. The highest BCUT2D eigenvalue weighted by atomic mass is 32.2. The van der Waals surface area contributed by atoms with Gasteiger partial charge in [0.2, 0.25) is 10.0 Å². The number of ether oxygens (including phenoxy) is 1. The molecule has 36 heavy (non-hydrogen) atoms. The maximum atomic E-state index is 12.6. The predicted octanol–water partition coefficient (Wildman–Crippen LogP) is 3.55. The zero-order valence-corrected chi connectivity index (χ0v) is 21.0. The summed E-state index contributed by atoms with van der Waals surface area (Å²) >= 11 is 1.55. The fourth-order valence-corrected chi connectivity index (χ4v) is 5.68. The van der Waals surface area contributed by atoms with Gasteiger partial charge in [0.1, 0.15) is 5.75 Å². The van der Waals surface area contributed by atoms with E-state index in [9.17, 15) is 18.0 Å². The Labute approximate surface area is 211 Å². The number of fused-ring (bicyclic) bond motifs is 1. The molecule has 0 atom stereocenters. The van der Waals surface area contributed by atoms with Crippen LogP contribution >= 0.6 is 11.3 Å². The van der Waals surface area contributed by atoms with E-state index in [1.165, 1.54) is 16.8 Å². The molecule has 4 aromatic rings. The van der Waals surface area contributed by atoms with Gasteiger partial charge in [-0.3, -0.25) is 14.3 Å². The summed E-state index contributed by atoms with van der Waals surface area (Å²) < 4.78 is 30.1. The molecule has 0 radical (unpaired) electrons. The number of nitrogens with two attached hydrogens (primary N) is 1. The predicted molar refractivity (Wildman–Crippen MR) is 142 cm³/mol. The topological polar surface area (TPSA) is 124 Å². The smallest absolute Gasteiger partial charge is 0.332 e. The van der Waals surface area contributed by atoms with Gasteiger partial charge in [-0.15, -0.1) is 0 Å². The highest BCUT2D eigenvalue weighted by molar-refractivity contribution is 7.89. The summed E-state index contributed by atoms with van der Waals surface area (Å²) in [5, 5.41) is 9.16. The summed E-state index contributed by atoms with van der Waals surface area (Å²) in [5.41, 5.74) is 6.07. The van der Waals surface area contributed by atoms with Crippen molar-refractivity contribution in [1.29, 1.82) is 0 Å².